The van der Waals surface area contributed by atoms with E-state index in [0.29, 0.717) is 20.5 Å². The number of thioether (sulfide) groups is 1. The van der Waals surface area contributed by atoms with E-state index in [2.05, 4.69) is 5.32 Å². The van der Waals surface area contributed by atoms with E-state index >= 15 is 0 Å². The summed E-state index contributed by atoms with van der Waals surface area (Å²) in [5, 5.41) is 13.6. The first kappa shape index (κ1) is 17.1. The minimum Gasteiger partial charge on any atom is -0.489 e. The van der Waals surface area contributed by atoms with Gasteiger partial charge in [0.2, 0.25) is 0 Å². The quantitative estimate of drug-likeness (QED) is 0.373. The molecule has 0 bridgehead atoms. The van der Waals surface area contributed by atoms with Crippen LogP contribution in [0.5, 0.6) is 5.75 Å². The number of hydrogen-bond donors (Lipinski definition) is 1. The molecule has 1 saturated heterocycles. The number of nitro benzene ring substituents is 1. The zero-order valence-corrected chi connectivity index (χ0v) is 14.4. The van der Waals surface area contributed by atoms with E-state index in [4.69, 9.17) is 17.0 Å². The summed E-state index contributed by atoms with van der Waals surface area (Å²) in [6, 6.07) is 13.6. The highest BCUT2D eigenvalue weighted by atomic mass is 32.2. The SMILES string of the molecule is O=C1NC(=S)S/C1=C/c1ccc(OCc2ccccc2[N+](=O)[O-])cc1. The van der Waals surface area contributed by atoms with Gasteiger partial charge in [-0.15, -0.1) is 0 Å². The van der Waals surface area contributed by atoms with Gasteiger partial charge in [0.05, 0.1) is 15.4 Å². The van der Waals surface area contributed by atoms with Gasteiger partial charge in [0.15, 0.2) is 0 Å². The third-order valence-corrected chi connectivity index (χ3v) is 4.57. The largest absolute Gasteiger partial charge is 0.489 e. The average Bonchev–Trinajstić information content (AvgIpc) is 2.91. The van der Waals surface area contributed by atoms with Crippen molar-refractivity contribution in [1.82, 2.24) is 5.32 Å². The van der Waals surface area contributed by atoms with Crippen LogP contribution in [0.25, 0.3) is 6.08 Å². The molecule has 2 aromatic rings. The van der Waals surface area contributed by atoms with Gasteiger partial charge in [-0.2, -0.15) is 0 Å². The molecule has 3 rings (SSSR count). The molecule has 25 heavy (non-hydrogen) atoms. The molecular formula is C17H12N2O4S2. The lowest BCUT2D eigenvalue weighted by molar-refractivity contribution is -0.385. The Hall–Kier alpha value is -2.71. The molecule has 6 nitrogen and oxygen atoms in total. The summed E-state index contributed by atoms with van der Waals surface area (Å²) in [4.78, 5) is 22.7. The van der Waals surface area contributed by atoms with Crippen LogP contribution in [0.1, 0.15) is 11.1 Å². The van der Waals surface area contributed by atoms with Crippen molar-refractivity contribution in [3.05, 3.63) is 74.7 Å². The molecule has 8 heteroatoms. The Morgan fingerprint density at radius 3 is 2.56 bits per heavy atom. The van der Waals surface area contributed by atoms with Gasteiger partial charge in [-0.25, -0.2) is 0 Å². The van der Waals surface area contributed by atoms with Gasteiger partial charge in [0.25, 0.3) is 11.6 Å². The maximum absolute atomic E-state index is 11.6. The first-order chi connectivity index (χ1) is 12.0. The van der Waals surface area contributed by atoms with Crippen LogP contribution in [0.15, 0.2) is 53.4 Å². The number of benzene rings is 2. The lowest BCUT2D eigenvalue weighted by atomic mass is 10.2. The van der Waals surface area contributed by atoms with Crippen molar-refractivity contribution in [2.24, 2.45) is 0 Å². The van der Waals surface area contributed by atoms with Crippen LogP contribution in [0.3, 0.4) is 0 Å². The van der Waals surface area contributed by atoms with E-state index < -0.39 is 4.92 Å². The summed E-state index contributed by atoms with van der Waals surface area (Å²) in [5.74, 6) is 0.381. The Morgan fingerprint density at radius 2 is 1.92 bits per heavy atom. The van der Waals surface area contributed by atoms with Crippen LogP contribution in [-0.2, 0) is 11.4 Å². The lowest BCUT2D eigenvalue weighted by Gasteiger charge is -2.07. The molecule has 0 atom stereocenters. The monoisotopic (exact) mass is 372 g/mol. The number of nitrogens with zero attached hydrogens (tertiary/aromatic N) is 1. The molecule has 0 saturated carbocycles. The number of nitrogens with one attached hydrogen (secondary N) is 1. The predicted molar refractivity (Wildman–Crippen MR) is 100 cm³/mol. The molecule has 1 heterocycles. The van der Waals surface area contributed by atoms with Crippen molar-refractivity contribution >= 4 is 46.0 Å². The maximum atomic E-state index is 11.6. The fourth-order valence-corrected chi connectivity index (χ4v) is 3.25. The van der Waals surface area contributed by atoms with Crippen LogP contribution < -0.4 is 10.1 Å². The van der Waals surface area contributed by atoms with E-state index in [9.17, 15) is 14.9 Å². The highest BCUT2D eigenvalue weighted by Crippen LogP contribution is 2.26. The second-order valence-corrected chi connectivity index (χ2v) is 6.81. The number of nitro groups is 1. The normalized spacial score (nSPS) is 15.3. The Kier molecular flexibility index (Phi) is 5.11. The van der Waals surface area contributed by atoms with Crippen molar-refractivity contribution in [2.45, 2.75) is 6.61 Å². The number of rotatable bonds is 5. The summed E-state index contributed by atoms with van der Waals surface area (Å²) < 4.78 is 6.06. The zero-order chi connectivity index (χ0) is 17.8. The van der Waals surface area contributed by atoms with Crippen LogP contribution in [-0.4, -0.2) is 15.2 Å². The highest BCUT2D eigenvalue weighted by molar-refractivity contribution is 8.26. The molecule has 1 N–H and O–H groups in total. The molecule has 1 aliphatic rings. The molecule has 0 aromatic heterocycles. The number of hydrogen-bond acceptors (Lipinski definition) is 6. The Morgan fingerprint density at radius 1 is 1.20 bits per heavy atom. The molecule has 1 amide bonds. The second-order valence-electron chi connectivity index (χ2n) is 5.10. The molecule has 126 valence electrons. The number of thiocarbonyl (C=S) groups is 1. The molecule has 0 spiro atoms. The maximum Gasteiger partial charge on any atom is 0.276 e. The van der Waals surface area contributed by atoms with E-state index in [1.807, 2.05) is 0 Å². The second kappa shape index (κ2) is 7.45. The third-order valence-electron chi connectivity index (χ3n) is 3.40. The van der Waals surface area contributed by atoms with Crippen molar-refractivity contribution in [3.8, 4) is 5.75 Å². The van der Waals surface area contributed by atoms with Crippen LogP contribution in [0.4, 0.5) is 5.69 Å². The summed E-state index contributed by atoms with van der Waals surface area (Å²) in [5.41, 5.74) is 1.37. The van der Waals surface area contributed by atoms with Crippen LogP contribution >= 0.6 is 24.0 Å². The average molecular weight is 372 g/mol. The van der Waals surface area contributed by atoms with Gasteiger partial charge in [0, 0.05) is 6.07 Å². The fraction of sp³-hybridized carbons (Fsp3) is 0.0588. The van der Waals surface area contributed by atoms with Crippen molar-refractivity contribution in [3.63, 3.8) is 0 Å². The molecule has 0 unspecified atom stereocenters. The molecule has 1 aliphatic heterocycles. The van der Waals surface area contributed by atoms with Gasteiger partial charge < -0.3 is 10.1 Å². The Balaban J connectivity index is 1.68. The lowest BCUT2D eigenvalue weighted by Crippen LogP contribution is -2.17. The van der Waals surface area contributed by atoms with Gasteiger partial charge >= 0.3 is 0 Å². The summed E-state index contributed by atoms with van der Waals surface area (Å²) >= 11 is 6.16. The minimum absolute atomic E-state index is 0.0316. The Labute approximate surface area is 153 Å². The zero-order valence-electron chi connectivity index (χ0n) is 12.8. The molecule has 2 aromatic carbocycles. The van der Waals surface area contributed by atoms with Crippen LogP contribution in [0, 0.1) is 10.1 Å². The fourth-order valence-electron chi connectivity index (χ4n) is 2.20. The van der Waals surface area contributed by atoms with Gasteiger partial charge in [-0.3, -0.25) is 14.9 Å². The van der Waals surface area contributed by atoms with E-state index in [-0.39, 0.29) is 18.2 Å². The van der Waals surface area contributed by atoms with Crippen molar-refractivity contribution in [2.75, 3.05) is 0 Å². The van der Waals surface area contributed by atoms with Crippen molar-refractivity contribution in [1.29, 1.82) is 0 Å². The molecule has 0 aliphatic carbocycles. The number of ether oxygens (including phenoxy) is 1. The van der Waals surface area contributed by atoms with Gasteiger partial charge in [0.1, 0.15) is 16.7 Å². The van der Waals surface area contributed by atoms with E-state index in [1.165, 1.54) is 17.8 Å². The van der Waals surface area contributed by atoms with Gasteiger partial charge in [-0.05, 0) is 29.8 Å². The summed E-state index contributed by atoms with van der Waals surface area (Å²) in [7, 11) is 0. The number of carbonyl (C=O) groups is 1. The first-order valence-electron chi connectivity index (χ1n) is 7.23. The summed E-state index contributed by atoms with van der Waals surface area (Å²) in [6.45, 7) is 0.101. The standard InChI is InChI=1S/C17H12N2O4S2/c20-16-15(25-17(24)18-16)9-11-5-7-13(8-6-11)23-10-12-3-1-2-4-14(12)19(21)22/h1-9H,10H2,(H,18,20,24)/b15-9+. The molecular weight excluding hydrogens is 360 g/mol. The predicted octanol–water partition coefficient (Wildman–Crippen LogP) is 3.66. The number of carbonyl (C=O) groups excluding carboxylic acids is 1. The number of amides is 1. The smallest absolute Gasteiger partial charge is 0.276 e. The van der Waals surface area contributed by atoms with E-state index in [0.717, 1.165) is 5.56 Å². The molecule has 0 radical (unpaired) electrons. The van der Waals surface area contributed by atoms with Crippen molar-refractivity contribution < 1.29 is 14.5 Å². The van der Waals surface area contributed by atoms with E-state index in [1.54, 1.807) is 48.5 Å². The first-order valence-corrected chi connectivity index (χ1v) is 8.45. The number of para-hydroxylation sites is 1. The van der Waals surface area contributed by atoms with Crippen LogP contribution in [0.2, 0.25) is 0 Å². The topological polar surface area (TPSA) is 81.5 Å². The third kappa shape index (κ3) is 4.23. The highest BCUT2D eigenvalue weighted by Gasteiger charge is 2.21. The minimum atomic E-state index is -0.428. The van der Waals surface area contributed by atoms with Gasteiger partial charge in [-0.1, -0.05) is 48.2 Å². The Bertz CT molecular complexity index is 878. The summed E-state index contributed by atoms with van der Waals surface area (Å²) in [6.07, 6.45) is 1.74. The molecule has 1 fully saturated rings.